The minimum Gasteiger partial charge on any atom is -0.309 e. The molecule has 1 aromatic heterocycles. The highest BCUT2D eigenvalue weighted by Crippen LogP contribution is 2.58. The van der Waals surface area contributed by atoms with E-state index >= 15 is 0 Å². The summed E-state index contributed by atoms with van der Waals surface area (Å²) in [6, 6.07) is 42.4. The third kappa shape index (κ3) is 2.40. The SMILES string of the molecule is CC1(C)c2c(c3ccccc3c3ccccc23)-c2c1c1ccccc1n2-c1ccc2ccccc2c1. The lowest BCUT2D eigenvalue weighted by atomic mass is 9.78. The molecule has 1 aliphatic carbocycles. The van der Waals surface area contributed by atoms with Gasteiger partial charge in [0.2, 0.25) is 0 Å². The molecule has 0 atom stereocenters. The zero-order chi connectivity index (χ0) is 24.0. The highest BCUT2D eigenvalue weighted by Gasteiger charge is 2.42. The molecular weight excluding hydrogens is 434 g/mol. The van der Waals surface area contributed by atoms with Crippen molar-refractivity contribution in [2.45, 2.75) is 19.3 Å². The van der Waals surface area contributed by atoms with E-state index in [1.165, 1.54) is 71.3 Å². The molecule has 36 heavy (non-hydrogen) atoms. The topological polar surface area (TPSA) is 4.93 Å². The van der Waals surface area contributed by atoms with Crippen molar-refractivity contribution in [3.63, 3.8) is 0 Å². The summed E-state index contributed by atoms with van der Waals surface area (Å²) in [6.07, 6.45) is 0. The Labute approximate surface area is 210 Å². The smallest absolute Gasteiger partial charge is 0.0591 e. The molecule has 170 valence electrons. The first-order valence-corrected chi connectivity index (χ1v) is 12.7. The Morgan fingerprint density at radius 3 is 1.86 bits per heavy atom. The van der Waals surface area contributed by atoms with Gasteiger partial charge in [-0.3, -0.25) is 0 Å². The van der Waals surface area contributed by atoms with Crippen molar-refractivity contribution in [1.29, 1.82) is 0 Å². The number of nitrogens with zero attached hydrogens (tertiary/aromatic N) is 1. The van der Waals surface area contributed by atoms with E-state index in [1.54, 1.807) is 0 Å². The third-order valence-corrected chi connectivity index (χ3v) is 8.29. The van der Waals surface area contributed by atoms with Gasteiger partial charge in [0, 0.05) is 22.1 Å². The predicted octanol–water partition coefficient (Wildman–Crippen LogP) is 9.40. The lowest BCUT2D eigenvalue weighted by Gasteiger charge is -2.24. The van der Waals surface area contributed by atoms with Gasteiger partial charge in [0.1, 0.15) is 0 Å². The molecule has 0 bridgehead atoms. The fourth-order valence-corrected chi connectivity index (χ4v) is 6.85. The molecule has 0 spiro atoms. The van der Waals surface area contributed by atoms with Crippen molar-refractivity contribution in [2.75, 3.05) is 0 Å². The zero-order valence-electron chi connectivity index (χ0n) is 20.4. The predicted molar refractivity (Wildman–Crippen MR) is 153 cm³/mol. The van der Waals surface area contributed by atoms with Gasteiger partial charge >= 0.3 is 0 Å². The molecule has 1 aliphatic rings. The molecule has 8 rings (SSSR count). The second kappa shape index (κ2) is 6.86. The van der Waals surface area contributed by atoms with Crippen LogP contribution in [0.1, 0.15) is 25.0 Å². The third-order valence-electron chi connectivity index (χ3n) is 8.29. The fourth-order valence-electron chi connectivity index (χ4n) is 6.85. The molecule has 7 aromatic rings. The maximum absolute atomic E-state index is 2.52. The van der Waals surface area contributed by atoms with E-state index in [1.807, 2.05) is 0 Å². The lowest BCUT2D eigenvalue weighted by Crippen LogP contribution is -2.15. The van der Waals surface area contributed by atoms with Crippen molar-refractivity contribution < 1.29 is 0 Å². The molecule has 0 saturated carbocycles. The molecule has 1 heterocycles. The summed E-state index contributed by atoms with van der Waals surface area (Å²) in [6.45, 7) is 4.83. The molecule has 0 amide bonds. The first kappa shape index (κ1) is 19.9. The summed E-state index contributed by atoms with van der Waals surface area (Å²) < 4.78 is 2.52. The molecule has 0 saturated heterocycles. The van der Waals surface area contributed by atoms with Gasteiger partial charge in [0.05, 0.1) is 11.2 Å². The van der Waals surface area contributed by atoms with Crippen LogP contribution < -0.4 is 0 Å². The lowest BCUT2D eigenvalue weighted by molar-refractivity contribution is 0.672. The van der Waals surface area contributed by atoms with Gasteiger partial charge in [-0.25, -0.2) is 0 Å². The van der Waals surface area contributed by atoms with E-state index in [0.717, 1.165) is 0 Å². The molecule has 1 nitrogen and oxygen atoms in total. The average Bonchev–Trinajstić information content (AvgIpc) is 3.39. The monoisotopic (exact) mass is 459 g/mol. The van der Waals surface area contributed by atoms with Crippen LogP contribution in [0.4, 0.5) is 0 Å². The van der Waals surface area contributed by atoms with Crippen molar-refractivity contribution in [2.24, 2.45) is 0 Å². The quantitative estimate of drug-likeness (QED) is 0.215. The van der Waals surface area contributed by atoms with E-state index in [0.29, 0.717) is 0 Å². The van der Waals surface area contributed by atoms with Gasteiger partial charge in [0.15, 0.2) is 0 Å². The second-order valence-electron chi connectivity index (χ2n) is 10.6. The van der Waals surface area contributed by atoms with Crippen LogP contribution in [-0.4, -0.2) is 4.57 Å². The normalized spacial score (nSPS) is 14.1. The van der Waals surface area contributed by atoms with Crippen LogP contribution >= 0.6 is 0 Å². The van der Waals surface area contributed by atoms with Crippen molar-refractivity contribution >= 4 is 43.2 Å². The fraction of sp³-hybridized carbons (Fsp3) is 0.0857. The summed E-state index contributed by atoms with van der Waals surface area (Å²) in [5, 5.41) is 9.24. The first-order valence-electron chi connectivity index (χ1n) is 12.7. The van der Waals surface area contributed by atoms with Crippen LogP contribution in [0.25, 0.3) is 60.2 Å². The number of hydrogen-bond donors (Lipinski definition) is 0. The van der Waals surface area contributed by atoms with E-state index in [-0.39, 0.29) is 5.41 Å². The van der Waals surface area contributed by atoms with Gasteiger partial charge in [0.25, 0.3) is 0 Å². The summed E-state index contributed by atoms with van der Waals surface area (Å²) in [5.74, 6) is 0. The number of fused-ring (bicyclic) bond motifs is 11. The molecule has 0 N–H and O–H groups in total. The Bertz CT molecular complexity index is 2020. The van der Waals surface area contributed by atoms with Crippen molar-refractivity contribution in [3.8, 4) is 16.9 Å². The van der Waals surface area contributed by atoms with Crippen LogP contribution in [0.2, 0.25) is 0 Å². The second-order valence-corrected chi connectivity index (χ2v) is 10.6. The van der Waals surface area contributed by atoms with Crippen LogP contribution in [0.15, 0.2) is 115 Å². The van der Waals surface area contributed by atoms with E-state index in [4.69, 9.17) is 0 Å². The van der Waals surface area contributed by atoms with E-state index in [9.17, 15) is 0 Å². The number of aromatic nitrogens is 1. The summed E-state index contributed by atoms with van der Waals surface area (Å²) in [5.41, 5.74) is 7.96. The summed E-state index contributed by atoms with van der Waals surface area (Å²) in [4.78, 5) is 0. The van der Waals surface area contributed by atoms with Gasteiger partial charge in [-0.05, 0) is 61.6 Å². The van der Waals surface area contributed by atoms with Gasteiger partial charge in [-0.2, -0.15) is 0 Å². The van der Waals surface area contributed by atoms with E-state index in [2.05, 4.69) is 134 Å². The Morgan fingerprint density at radius 1 is 0.500 bits per heavy atom. The molecule has 0 unspecified atom stereocenters. The number of hydrogen-bond acceptors (Lipinski definition) is 0. The minimum atomic E-state index is -0.129. The van der Waals surface area contributed by atoms with Crippen molar-refractivity contribution in [1.82, 2.24) is 4.57 Å². The summed E-state index contributed by atoms with van der Waals surface area (Å²) in [7, 11) is 0. The van der Waals surface area contributed by atoms with Gasteiger partial charge in [-0.15, -0.1) is 0 Å². The largest absolute Gasteiger partial charge is 0.309 e. The van der Waals surface area contributed by atoms with E-state index < -0.39 is 0 Å². The van der Waals surface area contributed by atoms with Crippen molar-refractivity contribution in [3.05, 3.63) is 126 Å². The van der Waals surface area contributed by atoms with Crippen LogP contribution in [0.3, 0.4) is 0 Å². The molecule has 0 aliphatic heterocycles. The maximum atomic E-state index is 2.52. The first-order chi connectivity index (χ1) is 17.6. The minimum absolute atomic E-state index is 0.129. The number of para-hydroxylation sites is 1. The zero-order valence-corrected chi connectivity index (χ0v) is 20.4. The van der Waals surface area contributed by atoms with Crippen LogP contribution in [-0.2, 0) is 5.41 Å². The maximum Gasteiger partial charge on any atom is 0.0591 e. The average molecular weight is 460 g/mol. The molecule has 0 radical (unpaired) electrons. The Kier molecular flexibility index (Phi) is 3.79. The van der Waals surface area contributed by atoms with Crippen LogP contribution in [0.5, 0.6) is 0 Å². The summed E-state index contributed by atoms with van der Waals surface area (Å²) >= 11 is 0. The van der Waals surface area contributed by atoms with Gasteiger partial charge < -0.3 is 4.57 Å². The standard InChI is InChI=1S/C35H25N/c1-35(2)32-28-16-8-6-14-26(28)25-13-5-7-15-27(25)31(32)34-33(35)29-17-9-10-18-30(29)36(34)24-20-19-22-11-3-4-12-23(22)21-24/h3-21H,1-2H3. The van der Waals surface area contributed by atoms with Gasteiger partial charge in [-0.1, -0.05) is 111 Å². The highest BCUT2D eigenvalue weighted by molar-refractivity contribution is 6.19. The number of rotatable bonds is 1. The molecule has 0 fully saturated rings. The molecule has 1 heteroatoms. The Hall–Kier alpha value is -4.36. The highest BCUT2D eigenvalue weighted by atomic mass is 15.0. The number of benzene rings is 6. The molecule has 6 aromatic carbocycles. The van der Waals surface area contributed by atoms with Crippen LogP contribution in [0, 0.1) is 0 Å². The Morgan fingerprint density at radius 2 is 1.08 bits per heavy atom. The molecular formula is C35H25N. The Balaban J connectivity index is 1.62.